The van der Waals surface area contributed by atoms with Crippen molar-refractivity contribution in [3.8, 4) is 0 Å². The van der Waals surface area contributed by atoms with Crippen LogP contribution < -0.4 is 0 Å². The number of carbonyl (C=O) groups is 1. The van der Waals surface area contributed by atoms with Crippen molar-refractivity contribution in [3.63, 3.8) is 0 Å². The zero-order valence-corrected chi connectivity index (χ0v) is 12.4. The zero-order valence-electron chi connectivity index (χ0n) is 11.2. The van der Waals surface area contributed by atoms with Crippen molar-refractivity contribution < 1.29 is 19.1 Å². The summed E-state index contributed by atoms with van der Waals surface area (Å²) in [5.41, 5.74) is 0.120. The molecule has 1 rings (SSSR count). The van der Waals surface area contributed by atoms with Gasteiger partial charge in [0.2, 0.25) is 0 Å². The number of ether oxygens (including phenoxy) is 1. The smallest absolute Gasteiger partial charge is 0.340 e. The van der Waals surface area contributed by atoms with Crippen molar-refractivity contribution in [1.82, 2.24) is 0 Å². The lowest BCUT2D eigenvalue weighted by atomic mass is 9.85. The summed E-state index contributed by atoms with van der Waals surface area (Å²) in [5.74, 6) is -0.320. The highest BCUT2D eigenvalue weighted by Crippen LogP contribution is 2.32. The molecule has 17 heavy (non-hydrogen) atoms. The Kier molecular flexibility index (Phi) is 4.38. The Balaban J connectivity index is 2.76. The van der Waals surface area contributed by atoms with Crippen molar-refractivity contribution in [2.75, 3.05) is 6.61 Å². The van der Waals surface area contributed by atoms with Crippen molar-refractivity contribution in [1.29, 1.82) is 0 Å². The molecule has 0 saturated carbocycles. The normalized spacial score (nSPS) is 22.0. The van der Waals surface area contributed by atoms with Gasteiger partial charge in [0.15, 0.2) is 9.04 Å². The van der Waals surface area contributed by atoms with E-state index in [1.165, 1.54) is 0 Å². The van der Waals surface area contributed by atoms with E-state index < -0.39 is 15.0 Å². The van der Waals surface area contributed by atoms with Crippen LogP contribution in [0.3, 0.4) is 0 Å². The first-order chi connectivity index (χ1) is 7.71. The zero-order chi connectivity index (χ0) is 13.2. The van der Waals surface area contributed by atoms with E-state index in [2.05, 4.69) is 0 Å². The Morgan fingerprint density at radius 3 is 2.47 bits per heavy atom. The van der Waals surface area contributed by atoms with Crippen LogP contribution in [-0.4, -0.2) is 32.8 Å². The van der Waals surface area contributed by atoms with Crippen molar-refractivity contribution in [3.05, 3.63) is 11.3 Å². The summed E-state index contributed by atoms with van der Waals surface area (Å²) in [5, 5.41) is 9.90. The fourth-order valence-electron chi connectivity index (χ4n) is 1.53. The van der Waals surface area contributed by atoms with Gasteiger partial charge in [-0.25, -0.2) is 4.79 Å². The number of carbonyl (C=O) groups excluding carboxylic acids is 1. The largest absolute Gasteiger partial charge is 0.512 e. The molecule has 1 unspecified atom stereocenters. The average Bonchev–Trinajstić information content (AvgIpc) is 2.14. The fourth-order valence-corrected chi connectivity index (χ4v) is 2.03. The second kappa shape index (κ2) is 5.22. The van der Waals surface area contributed by atoms with Gasteiger partial charge in [0.25, 0.3) is 0 Å². The Bertz CT molecular complexity index is 328. The highest BCUT2D eigenvalue weighted by Gasteiger charge is 2.36. The first kappa shape index (κ1) is 14.2. The molecule has 1 heterocycles. The molecule has 0 aromatic rings. The van der Waals surface area contributed by atoms with E-state index in [0.29, 0.717) is 6.42 Å². The summed E-state index contributed by atoms with van der Waals surface area (Å²) in [6.45, 7) is 10.2. The number of rotatable bonds is 3. The summed E-state index contributed by atoms with van der Waals surface area (Å²) in [4.78, 5) is 11.8. The summed E-state index contributed by atoms with van der Waals surface area (Å²) >= 11 is 0. The molecule has 0 aliphatic carbocycles. The van der Waals surface area contributed by atoms with Gasteiger partial charge in [-0.05, 0) is 18.5 Å². The van der Waals surface area contributed by atoms with Gasteiger partial charge in [-0.1, -0.05) is 20.8 Å². The van der Waals surface area contributed by atoms with Crippen LogP contribution in [0.5, 0.6) is 0 Å². The molecule has 5 heteroatoms. The maximum Gasteiger partial charge on any atom is 0.340 e. The predicted octanol–water partition coefficient (Wildman–Crippen LogP) is 2.16. The summed E-state index contributed by atoms with van der Waals surface area (Å²) in [6.07, 6.45) is 0.114. The van der Waals surface area contributed by atoms with Crippen LogP contribution in [0.4, 0.5) is 0 Å². The van der Waals surface area contributed by atoms with Crippen LogP contribution in [0.1, 0.15) is 27.2 Å². The lowest BCUT2D eigenvalue weighted by molar-refractivity contribution is -0.153. The van der Waals surface area contributed by atoms with Gasteiger partial charge in [-0.3, -0.25) is 0 Å². The monoisotopic (exact) mass is 258 g/mol. The van der Waals surface area contributed by atoms with Crippen LogP contribution in [0, 0.1) is 5.41 Å². The Labute approximate surface area is 104 Å². The molecule has 0 amide bonds. The Hall–Kier alpha value is -0.813. The summed E-state index contributed by atoms with van der Waals surface area (Å²) in [7, 11) is -1.20. The minimum absolute atomic E-state index is 0.121. The Morgan fingerprint density at radius 1 is 1.47 bits per heavy atom. The molecule has 0 bridgehead atoms. The van der Waals surface area contributed by atoms with E-state index in [1.807, 2.05) is 33.9 Å². The molecule has 0 aromatic heterocycles. The van der Waals surface area contributed by atoms with Crippen LogP contribution in [0.15, 0.2) is 11.3 Å². The van der Waals surface area contributed by atoms with Crippen LogP contribution in [-0.2, 0) is 14.0 Å². The molecule has 0 saturated heterocycles. The third kappa shape index (κ3) is 3.85. The van der Waals surface area contributed by atoms with Gasteiger partial charge in [0, 0.05) is 6.42 Å². The second-order valence-electron chi connectivity index (χ2n) is 5.75. The van der Waals surface area contributed by atoms with Crippen molar-refractivity contribution in [2.24, 2.45) is 5.41 Å². The van der Waals surface area contributed by atoms with Gasteiger partial charge < -0.3 is 14.3 Å². The van der Waals surface area contributed by atoms with E-state index in [-0.39, 0.29) is 29.5 Å². The molecule has 0 spiro atoms. The molecule has 0 fully saturated rings. The molecule has 1 aliphatic rings. The fraction of sp³-hybridized carbons (Fsp3) is 0.750. The minimum Gasteiger partial charge on any atom is -0.512 e. The van der Waals surface area contributed by atoms with Crippen molar-refractivity contribution in [2.45, 2.75) is 46.4 Å². The highest BCUT2D eigenvalue weighted by molar-refractivity contribution is 6.48. The first-order valence-electron chi connectivity index (χ1n) is 5.95. The molecule has 1 atom stereocenters. The SMILES string of the molecule is C[SiH](C)OCC1=C(O)CC(C(C)(C)C)OC1=O. The molecule has 1 N–H and O–H groups in total. The summed E-state index contributed by atoms with van der Waals surface area (Å²) < 4.78 is 10.8. The quantitative estimate of drug-likeness (QED) is 0.622. The van der Waals surface area contributed by atoms with E-state index >= 15 is 0 Å². The topological polar surface area (TPSA) is 55.8 Å². The third-order valence-corrected chi connectivity index (χ3v) is 3.58. The number of hydrogen-bond acceptors (Lipinski definition) is 4. The van der Waals surface area contributed by atoms with E-state index in [4.69, 9.17) is 9.16 Å². The van der Waals surface area contributed by atoms with E-state index in [0.717, 1.165) is 0 Å². The van der Waals surface area contributed by atoms with Crippen LogP contribution in [0.25, 0.3) is 0 Å². The third-order valence-electron chi connectivity index (χ3n) is 2.75. The predicted molar refractivity (Wildman–Crippen MR) is 68.4 cm³/mol. The molecule has 4 nitrogen and oxygen atoms in total. The second-order valence-corrected chi connectivity index (χ2v) is 8.18. The van der Waals surface area contributed by atoms with Gasteiger partial charge >= 0.3 is 5.97 Å². The highest BCUT2D eigenvalue weighted by atomic mass is 28.3. The van der Waals surface area contributed by atoms with Gasteiger partial charge in [-0.15, -0.1) is 0 Å². The Morgan fingerprint density at radius 2 is 2.06 bits per heavy atom. The molecule has 0 radical (unpaired) electrons. The summed E-state index contributed by atoms with van der Waals surface area (Å²) in [6, 6.07) is 0. The first-order valence-corrected chi connectivity index (χ1v) is 8.73. The molecule has 0 aromatic carbocycles. The number of hydrogen-bond donors (Lipinski definition) is 1. The number of esters is 1. The van der Waals surface area contributed by atoms with Crippen molar-refractivity contribution >= 4 is 15.0 Å². The average molecular weight is 258 g/mol. The van der Waals surface area contributed by atoms with Gasteiger partial charge in [0.1, 0.15) is 11.9 Å². The minimum atomic E-state index is -1.20. The van der Waals surface area contributed by atoms with E-state index in [1.54, 1.807) is 0 Å². The van der Waals surface area contributed by atoms with Gasteiger partial charge in [0.05, 0.1) is 12.2 Å². The van der Waals surface area contributed by atoms with Crippen LogP contribution in [0.2, 0.25) is 13.1 Å². The molecule has 98 valence electrons. The van der Waals surface area contributed by atoms with Crippen LogP contribution >= 0.6 is 0 Å². The standard InChI is InChI=1S/C12H22O4Si/c1-12(2,3)10-6-9(13)8(11(14)16-10)7-15-17(4)5/h10,13,17H,6-7H2,1-5H3. The molecular weight excluding hydrogens is 236 g/mol. The molecular formula is C12H22O4Si. The lowest BCUT2D eigenvalue weighted by Gasteiger charge is -2.33. The number of aliphatic hydroxyl groups is 1. The van der Waals surface area contributed by atoms with E-state index in [9.17, 15) is 9.90 Å². The maximum absolute atomic E-state index is 11.8. The lowest BCUT2D eigenvalue weighted by Crippen LogP contribution is -2.37. The number of cyclic esters (lactones) is 1. The van der Waals surface area contributed by atoms with Gasteiger partial charge in [-0.2, -0.15) is 0 Å². The molecule has 1 aliphatic heterocycles. The maximum atomic E-state index is 11.8. The number of aliphatic hydroxyl groups excluding tert-OH is 1.